The van der Waals surface area contributed by atoms with Gasteiger partial charge in [-0.3, -0.25) is 9.59 Å². The molecule has 0 saturated heterocycles. The van der Waals surface area contributed by atoms with Crippen LogP contribution in [0.15, 0.2) is 47.4 Å². The fourth-order valence-electron chi connectivity index (χ4n) is 2.00. The summed E-state index contributed by atoms with van der Waals surface area (Å²) < 4.78 is 1.55. The Balaban J connectivity index is 1.92. The predicted octanol–water partition coefficient (Wildman–Crippen LogP) is 1.64. The van der Waals surface area contributed by atoms with E-state index in [1.54, 1.807) is 29.8 Å². The van der Waals surface area contributed by atoms with Gasteiger partial charge in [0.05, 0.1) is 0 Å². The molecule has 0 aliphatic carbocycles. The van der Waals surface area contributed by atoms with Crippen molar-refractivity contribution in [1.82, 2.24) is 4.57 Å². The molecular weight excluding hydrogens is 266 g/mol. The van der Waals surface area contributed by atoms with Crippen LogP contribution in [0, 0.1) is 6.92 Å². The molecule has 0 spiro atoms. The molecule has 0 aliphatic heterocycles. The normalized spacial score (nSPS) is 10.4. The maximum atomic E-state index is 11.9. The summed E-state index contributed by atoms with van der Waals surface area (Å²) in [5, 5.41) is 2.80. The van der Waals surface area contributed by atoms with Gasteiger partial charge in [-0.05, 0) is 30.7 Å². The second-order valence-corrected chi connectivity index (χ2v) is 4.89. The first-order valence-corrected chi connectivity index (χ1v) is 6.85. The second kappa shape index (κ2) is 6.85. The number of amides is 1. The van der Waals surface area contributed by atoms with Crippen LogP contribution in [0.3, 0.4) is 0 Å². The average Bonchev–Trinajstić information content (AvgIpc) is 2.49. The Hall–Kier alpha value is -2.40. The highest BCUT2D eigenvalue weighted by Gasteiger charge is 2.05. The molecule has 0 saturated carbocycles. The molecule has 1 aromatic heterocycles. The van der Waals surface area contributed by atoms with Crippen LogP contribution in [0.1, 0.15) is 17.5 Å². The molecule has 0 unspecified atom stereocenters. The van der Waals surface area contributed by atoms with Crippen molar-refractivity contribution >= 4 is 11.6 Å². The Morgan fingerprint density at radius 1 is 1.24 bits per heavy atom. The first-order chi connectivity index (χ1) is 10.1. The molecular formula is C16H19N3O2. The molecule has 110 valence electrons. The molecule has 2 rings (SSSR count). The van der Waals surface area contributed by atoms with Gasteiger partial charge in [-0.15, -0.1) is 0 Å². The summed E-state index contributed by atoms with van der Waals surface area (Å²) in [6.45, 7) is 2.61. The lowest BCUT2D eigenvalue weighted by Gasteiger charge is -2.08. The maximum Gasteiger partial charge on any atom is 0.253 e. The van der Waals surface area contributed by atoms with E-state index in [1.807, 2.05) is 24.3 Å². The van der Waals surface area contributed by atoms with Crippen LogP contribution in [-0.2, 0) is 17.9 Å². The van der Waals surface area contributed by atoms with Crippen molar-refractivity contribution < 1.29 is 4.79 Å². The van der Waals surface area contributed by atoms with Crippen molar-refractivity contribution in [2.75, 3.05) is 5.32 Å². The Bertz CT molecular complexity index is 675. The van der Waals surface area contributed by atoms with Crippen LogP contribution in [0.2, 0.25) is 0 Å². The molecule has 5 nitrogen and oxygen atoms in total. The molecule has 5 heteroatoms. The van der Waals surface area contributed by atoms with Gasteiger partial charge in [0.2, 0.25) is 5.91 Å². The molecule has 2 aromatic rings. The second-order valence-electron chi connectivity index (χ2n) is 4.89. The summed E-state index contributed by atoms with van der Waals surface area (Å²) in [5.41, 5.74) is 7.88. The van der Waals surface area contributed by atoms with Gasteiger partial charge >= 0.3 is 0 Å². The van der Waals surface area contributed by atoms with E-state index >= 15 is 0 Å². The summed E-state index contributed by atoms with van der Waals surface area (Å²) >= 11 is 0. The van der Waals surface area contributed by atoms with Crippen molar-refractivity contribution in [1.29, 1.82) is 0 Å². The van der Waals surface area contributed by atoms with Gasteiger partial charge in [0.25, 0.3) is 5.56 Å². The summed E-state index contributed by atoms with van der Waals surface area (Å²) in [6.07, 6.45) is 1.95. The zero-order valence-electron chi connectivity index (χ0n) is 12.0. The topological polar surface area (TPSA) is 77.1 Å². The van der Waals surface area contributed by atoms with Crippen molar-refractivity contribution in [3.05, 3.63) is 64.1 Å². The van der Waals surface area contributed by atoms with Crippen molar-refractivity contribution in [3.8, 4) is 0 Å². The quantitative estimate of drug-likeness (QED) is 0.876. The largest absolute Gasteiger partial charge is 0.326 e. The summed E-state index contributed by atoms with van der Waals surface area (Å²) in [7, 11) is 0. The van der Waals surface area contributed by atoms with Gasteiger partial charge in [-0.25, -0.2) is 0 Å². The number of carbonyl (C=O) groups is 1. The van der Waals surface area contributed by atoms with Crippen LogP contribution < -0.4 is 16.6 Å². The van der Waals surface area contributed by atoms with Gasteiger partial charge in [0, 0.05) is 37.0 Å². The van der Waals surface area contributed by atoms with E-state index in [0.29, 0.717) is 18.7 Å². The Kier molecular flexibility index (Phi) is 4.90. The van der Waals surface area contributed by atoms with Crippen LogP contribution in [0.25, 0.3) is 0 Å². The molecule has 0 atom stereocenters. The van der Waals surface area contributed by atoms with E-state index in [2.05, 4.69) is 5.32 Å². The number of rotatable bonds is 5. The minimum absolute atomic E-state index is 0.0578. The van der Waals surface area contributed by atoms with E-state index in [0.717, 1.165) is 11.3 Å². The lowest BCUT2D eigenvalue weighted by Crippen LogP contribution is -2.24. The Morgan fingerprint density at radius 2 is 1.95 bits per heavy atom. The minimum Gasteiger partial charge on any atom is -0.326 e. The zero-order valence-corrected chi connectivity index (χ0v) is 12.0. The molecule has 0 radical (unpaired) electrons. The van der Waals surface area contributed by atoms with Gasteiger partial charge in [0.15, 0.2) is 0 Å². The van der Waals surface area contributed by atoms with Gasteiger partial charge in [-0.2, -0.15) is 0 Å². The molecule has 0 fully saturated rings. The number of nitrogens with one attached hydrogen (secondary N) is 1. The van der Waals surface area contributed by atoms with E-state index in [9.17, 15) is 9.59 Å². The molecule has 0 aliphatic rings. The highest BCUT2D eigenvalue weighted by Crippen LogP contribution is 2.09. The van der Waals surface area contributed by atoms with Crippen molar-refractivity contribution in [3.63, 3.8) is 0 Å². The fourth-order valence-corrected chi connectivity index (χ4v) is 2.00. The van der Waals surface area contributed by atoms with E-state index in [1.165, 1.54) is 0 Å². The first kappa shape index (κ1) is 15.0. The lowest BCUT2D eigenvalue weighted by molar-refractivity contribution is -0.116. The number of anilines is 1. The number of nitrogens with two attached hydrogens (primary N) is 1. The third kappa shape index (κ3) is 4.03. The Labute approximate surface area is 123 Å². The predicted molar refractivity (Wildman–Crippen MR) is 83.0 cm³/mol. The number of nitrogens with zero attached hydrogens (tertiary/aromatic N) is 1. The molecule has 1 heterocycles. The van der Waals surface area contributed by atoms with E-state index < -0.39 is 0 Å². The number of carbonyl (C=O) groups excluding carboxylic acids is 1. The number of aryl methyl sites for hydroxylation is 2. The molecule has 3 N–H and O–H groups in total. The Morgan fingerprint density at radius 3 is 2.62 bits per heavy atom. The fraction of sp³-hybridized carbons (Fsp3) is 0.250. The summed E-state index contributed by atoms with van der Waals surface area (Å²) in [5.74, 6) is -0.121. The van der Waals surface area contributed by atoms with E-state index in [-0.39, 0.29) is 17.9 Å². The van der Waals surface area contributed by atoms with E-state index in [4.69, 9.17) is 5.73 Å². The first-order valence-electron chi connectivity index (χ1n) is 6.85. The SMILES string of the molecule is Cc1cccn(CCC(=O)Nc2ccc(CN)cc2)c1=O. The zero-order chi connectivity index (χ0) is 15.2. The van der Waals surface area contributed by atoms with Crippen molar-refractivity contribution in [2.24, 2.45) is 5.73 Å². The smallest absolute Gasteiger partial charge is 0.253 e. The average molecular weight is 285 g/mol. The van der Waals surface area contributed by atoms with Crippen LogP contribution in [0.5, 0.6) is 0 Å². The van der Waals surface area contributed by atoms with Crippen molar-refractivity contribution in [2.45, 2.75) is 26.4 Å². The number of aromatic nitrogens is 1. The monoisotopic (exact) mass is 285 g/mol. The maximum absolute atomic E-state index is 11.9. The van der Waals surface area contributed by atoms with Crippen LogP contribution in [0.4, 0.5) is 5.69 Å². The third-order valence-electron chi connectivity index (χ3n) is 3.26. The standard InChI is InChI=1S/C16H19N3O2/c1-12-3-2-9-19(16(12)21)10-8-15(20)18-14-6-4-13(11-17)5-7-14/h2-7,9H,8,10-11,17H2,1H3,(H,18,20). The number of pyridine rings is 1. The highest BCUT2D eigenvalue weighted by molar-refractivity contribution is 5.90. The molecule has 0 bridgehead atoms. The minimum atomic E-state index is -0.121. The third-order valence-corrected chi connectivity index (χ3v) is 3.26. The van der Waals surface area contributed by atoms with Gasteiger partial charge in [-0.1, -0.05) is 18.2 Å². The molecule has 1 aromatic carbocycles. The number of hydrogen-bond donors (Lipinski definition) is 2. The molecule has 1 amide bonds. The summed E-state index contributed by atoms with van der Waals surface area (Å²) in [4.78, 5) is 23.7. The highest BCUT2D eigenvalue weighted by atomic mass is 16.1. The van der Waals surface area contributed by atoms with Crippen LogP contribution in [-0.4, -0.2) is 10.5 Å². The van der Waals surface area contributed by atoms with Gasteiger partial charge in [0.1, 0.15) is 0 Å². The number of benzene rings is 1. The summed E-state index contributed by atoms with van der Waals surface area (Å²) in [6, 6.07) is 11.0. The van der Waals surface area contributed by atoms with Crippen LogP contribution >= 0.6 is 0 Å². The van der Waals surface area contributed by atoms with Gasteiger partial charge < -0.3 is 15.6 Å². The molecule has 21 heavy (non-hydrogen) atoms. The lowest BCUT2D eigenvalue weighted by atomic mass is 10.2. The number of hydrogen-bond acceptors (Lipinski definition) is 3.